The normalized spacial score (nSPS) is 9.80. The van der Waals surface area contributed by atoms with Crippen LogP contribution < -0.4 is 10.5 Å². The number of hydrogen-bond acceptors (Lipinski definition) is 4. The van der Waals surface area contributed by atoms with E-state index in [0.717, 1.165) is 12.0 Å². The Morgan fingerprint density at radius 1 is 1.40 bits per heavy atom. The Bertz CT molecular complexity index is 374. The summed E-state index contributed by atoms with van der Waals surface area (Å²) in [6.07, 6.45) is 0.764. The predicted octanol–water partition coefficient (Wildman–Crippen LogP) is 1.63. The average molecular weight is 209 g/mol. The highest BCUT2D eigenvalue weighted by atomic mass is 16.5. The van der Waals surface area contributed by atoms with Gasteiger partial charge < -0.3 is 15.2 Å². The van der Waals surface area contributed by atoms with E-state index in [9.17, 15) is 4.79 Å². The van der Waals surface area contributed by atoms with E-state index in [2.05, 4.69) is 4.74 Å². The van der Waals surface area contributed by atoms with Gasteiger partial charge in [-0.25, -0.2) is 4.79 Å². The molecule has 0 spiro atoms. The van der Waals surface area contributed by atoms with Crippen molar-refractivity contribution in [1.82, 2.24) is 0 Å². The zero-order chi connectivity index (χ0) is 11.4. The van der Waals surface area contributed by atoms with Crippen molar-refractivity contribution >= 4 is 11.7 Å². The Labute approximate surface area is 89.0 Å². The molecule has 0 heterocycles. The Balaban J connectivity index is 3.28. The van der Waals surface area contributed by atoms with E-state index >= 15 is 0 Å². The van der Waals surface area contributed by atoms with Gasteiger partial charge in [0.25, 0.3) is 0 Å². The van der Waals surface area contributed by atoms with Crippen LogP contribution in [0.25, 0.3) is 0 Å². The van der Waals surface area contributed by atoms with Crippen molar-refractivity contribution in [3.05, 3.63) is 23.3 Å². The van der Waals surface area contributed by atoms with Crippen molar-refractivity contribution in [2.24, 2.45) is 0 Å². The summed E-state index contributed by atoms with van der Waals surface area (Å²) < 4.78 is 9.73. The van der Waals surface area contributed by atoms with Crippen molar-refractivity contribution in [1.29, 1.82) is 0 Å². The molecular weight excluding hydrogens is 194 g/mol. The molecule has 0 radical (unpaired) electrons. The summed E-state index contributed by atoms with van der Waals surface area (Å²) in [5.41, 5.74) is 7.73. The lowest BCUT2D eigenvalue weighted by atomic mass is 10.1. The van der Waals surface area contributed by atoms with E-state index < -0.39 is 5.97 Å². The third kappa shape index (κ3) is 2.21. The van der Waals surface area contributed by atoms with Gasteiger partial charge in [-0.3, -0.25) is 0 Å². The molecule has 0 atom stereocenters. The summed E-state index contributed by atoms with van der Waals surface area (Å²) >= 11 is 0. The van der Waals surface area contributed by atoms with Gasteiger partial charge in [0.1, 0.15) is 11.3 Å². The second-order valence-corrected chi connectivity index (χ2v) is 3.10. The molecule has 0 aliphatic heterocycles. The van der Waals surface area contributed by atoms with E-state index in [4.69, 9.17) is 10.5 Å². The van der Waals surface area contributed by atoms with E-state index in [-0.39, 0.29) is 0 Å². The number of methoxy groups -OCH3 is 2. The molecular formula is C11H15NO3. The lowest BCUT2D eigenvalue weighted by molar-refractivity contribution is 0.0597. The third-order valence-corrected chi connectivity index (χ3v) is 2.25. The number of carbonyl (C=O) groups excluding carboxylic acids is 1. The van der Waals surface area contributed by atoms with Crippen LogP contribution >= 0.6 is 0 Å². The lowest BCUT2D eigenvalue weighted by Crippen LogP contribution is -2.06. The number of rotatable bonds is 3. The van der Waals surface area contributed by atoms with Crippen LogP contribution in [0, 0.1) is 0 Å². The first-order chi connectivity index (χ1) is 7.13. The van der Waals surface area contributed by atoms with E-state index in [0.29, 0.717) is 17.0 Å². The largest absolute Gasteiger partial charge is 0.496 e. The van der Waals surface area contributed by atoms with Gasteiger partial charge in [0, 0.05) is 11.8 Å². The van der Waals surface area contributed by atoms with Crippen LogP contribution in [-0.2, 0) is 11.2 Å². The summed E-state index contributed by atoms with van der Waals surface area (Å²) in [5.74, 6) is 0.0260. The van der Waals surface area contributed by atoms with Crippen LogP contribution in [0.15, 0.2) is 12.1 Å². The summed E-state index contributed by atoms with van der Waals surface area (Å²) in [5, 5.41) is 0. The summed E-state index contributed by atoms with van der Waals surface area (Å²) in [4.78, 5) is 11.4. The first-order valence-electron chi connectivity index (χ1n) is 4.68. The van der Waals surface area contributed by atoms with Gasteiger partial charge in [-0.05, 0) is 18.1 Å². The molecule has 0 unspecified atom stereocenters. The van der Waals surface area contributed by atoms with Crippen LogP contribution in [0.2, 0.25) is 0 Å². The fourth-order valence-electron chi connectivity index (χ4n) is 1.38. The number of nitrogen functional groups attached to an aromatic ring is 1. The SMILES string of the molecule is CCc1cc(C(=O)OC)c(OC)cc1N. The fraction of sp³-hybridized carbons (Fsp3) is 0.364. The highest BCUT2D eigenvalue weighted by molar-refractivity contribution is 5.93. The second kappa shape index (κ2) is 4.68. The van der Waals surface area contributed by atoms with Gasteiger partial charge in [-0.2, -0.15) is 0 Å². The Morgan fingerprint density at radius 3 is 2.53 bits per heavy atom. The molecule has 1 rings (SSSR count). The number of hydrogen-bond donors (Lipinski definition) is 1. The van der Waals surface area contributed by atoms with Crippen LogP contribution in [0.5, 0.6) is 5.75 Å². The monoisotopic (exact) mass is 209 g/mol. The van der Waals surface area contributed by atoms with Crippen molar-refractivity contribution in [2.45, 2.75) is 13.3 Å². The molecule has 0 amide bonds. The van der Waals surface area contributed by atoms with Crippen LogP contribution in [-0.4, -0.2) is 20.2 Å². The molecule has 0 saturated carbocycles. The highest BCUT2D eigenvalue weighted by Gasteiger charge is 2.14. The molecule has 0 fully saturated rings. The molecule has 4 nitrogen and oxygen atoms in total. The van der Waals surface area contributed by atoms with Crippen LogP contribution in [0.4, 0.5) is 5.69 Å². The van der Waals surface area contributed by atoms with Crippen molar-refractivity contribution in [3.8, 4) is 5.75 Å². The number of ether oxygens (including phenoxy) is 2. The molecule has 0 aliphatic carbocycles. The minimum Gasteiger partial charge on any atom is -0.496 e. The molecule has 2 N–H and O–H groups in total. The van der Waals surface area contributed by atoms with Crippen LogP contribution in [0.1, 0.15) is 22.8 Å². The molecule has 1 aromatic rings. The zero-order valence-electron chi connectivity index (χ0n) is 9.16. The number of nitrogens with two attached hydrogens (primary N) is 1. The second-order valence-electron chi connectivity index (χ2n) is 3.10. The molecule has 0 bridgehead atoms. The van der Waals surface area contributed by atoms with Gasteiger partial charge in [0.05, 0.1) is 14.2 Å². The number of esters is 1. The summed E-state index contributed by atoms with van der Waals surface area (Å²) in [7, 11) is 2.83. The van der Waals surface area contributed by atoms with Crippen molar-refractivity contribution in [3.63, 3.8) is 0 Å². The van der Waals surface area contributed by atoms with E-state index in [1.54, 1.807) is 12.1 Å². The first-order valence-corrected chi connectivity index (χ1v) is 4.68. The van der Waals surface area contributed by atoms with Gasteiger partial charge >= 0.3 is 5.97 Å². The fourth-order valence-corrected chi connectivity index (χ4v) is 1.38. The maximum Gasteiger partial charge on any atom is 0.341 e. The van der Waals surface area contributed by atoms with Crippen LogP contribution in [0.3, 0.4) is 0 Å². The molecule has 1 aromatic carbocycles. The Kier molecular flexibility index (Phi) is 3.55. The van der Waals surface area contributed by atoms with Crippen molar-refractivity contribution in [2.75, 3.05) is 20.0 Å². The molecule has 4 heteroatoms. The maximum absolute atomic E-state index is 11.4. The molecule has 0 aliphatic rings. The van der Waals surface area contributed by atoms with Gasteiger partial charge in [0.15, 0.2) is 0 Å². The minimum absolute atomic E-state index is 0.408. The molecule has 15 heavy (non-hydrogen) atoms. The standard InChI is InChI=1S/C11H15NO3/c1-4-7-5-8(11(13)15-3)10(14-2)6-9(7)12/h5-6H,4,12H2,1-3H3. The predicted molar refractivity (Wildman–Crippen MR) is 58.1 cm³/mol. The third-order valence-electron chi connectivity index (χ3n) is 2.25. The Morgan fingerprint density at radius 2 is 2.07 bits per heavy atom. The number of aryl methyl sites for hydroxylation is 1. The first kappa shape index (κ1) is 11.4. The number of benzene rings is 1. The topological polar surface area (TPSA) is 61.5 Å². The lowest BCUT2D eigenvalue weighted by Gasteiger charge is -2.10. The molecule has 82 valence electrons. The van der Waals surface area contributed by atoms with E-state index in [1.807, 2.05) is 6.92 Å². The zero-order valence-corrected chi connectivity index (χ0v) is 9.16. The average Bonchev–Trinajstić information content (AvgIpc) is 2.27. The van der Waals surface area contributed by atoms with E-state index in [1.165, 1.54) is 14.2 Å². The quantitative estimate of drug-likeness (QED) is 0.607. The highest BCUT2D eigenvalue weighted by Crippen LogP contribution is 2.26. The minimum atomic E-state index is -0.415. The molecule has 0 aromatic heterocycles. The maximum atomic E-state index is 11.4. The summed E-state index contributed by atoms with van der Waals surface area (Å²) in [6, 6.07) is 3.35. The smallest absolute Gasteiger partial charge is 0.341 e. The Hall–Kier alpha value is -1.71. The van der Waals surface area contributed by atoms with Gasteiger partial charge in [-0.15, -0.1) is 0 Å². The molecule has 0 saturated heterocycles. The van der Waals surface area contributed by atoms with Gasteiger partial charge in [0.2, 0.25) is 0 Å². The van der Waals surface area contributed by atoms with Gasteiger partial charge in [-0.1, -0.05) is 6.92 Å². The number of carbonyl (C=O) groups is 1. The number of anilines is 1. The summed E-state index contributed by atoms with van der Waals surface area (Å²) in [6.45, 7) is 1.97. The van der Waals surface area contributed by atoms with Crippen molar-refractivity contribution < 1.29 is 14.3 Å².